The fraction of sp³-hybridized carbons (Fsp3) is 0.304. The van der Waals surface area contributed by atoms with Gasteiger partial charge in [0.05, 0.1) is 32.7 Å². The van der Waals surface area contributed by atoms with Gasteiger partial charge in [0.1, 0.15) is 11.8 Å². The molecule has 148 valence electrons. The molecule has 1 saturated carbocycles. The number of nitrogens with zero attached hydrogens (tertiary/aromatic N) is 1. The van der Waals surface area contributed by atoms with Crippen LogP contribution >= 0.6 is 0 Å². The van der Waals surface area contributed by atoms with Crippen LogP contribution in [0.4, 0.5) is 0 Å². The van der Waals surface area contributed by atoms with E-state index in [2.05, 4.69) is 16.8 Å². The second-order valence-corrected chi connectivity index (χ2v) is 9.66. The van der Waals surface area contributed by atoms with Gasteiger partial charge in [-0.2, -0.15) is 0 Å². The van der Waals surface area contributed by atoms with Crippen LogP contribution in [0.15, 0.2) is 50.8 Å². The zero-order valence-corrected chi connectivity index (χ0v) is 17.4. The Morgan fingerprint density at radius 3 is 2.66 bits per heavy atom. The zero-order chi connectivity index (χ0) is 20.8. The van der Waals surface area contributed by atoms with Crippen molar-refractivity contribution in [2.75, 3.05) is 5.75 Å². The SMILES string of the molecule is CC#CC1(c2cnc(-c3coc4cc(C)ccc4c3=O)c(S(=O)(=O)CC)c2)CC1. The summed E-state index contributed by atoms with van der Waals surface area (Å²) in [6.45, 7) is 5.26. The lowest BCUT2D eigenvalue weighted by molar-refractivity contribution is 0.596. The molecule has 6 heteroatoms. The fourth-order valence-corrected chi connectivity index (χ4v) is 4.63. The van der Waals surface area contributed by atoms with Crippen LogP contribution in [0.2, 0.25) is 0 Å². The first-order valence-electron chi connectivity index (χ1n) is 9.51. The highest BCUT2D eigenvalue weighted by Crippen LogP contribution is 2.48. The summed E-state index contributed by atoms with van der Waals surface area (Å²) in [6.07, 6.45) is 4.69. The molecule has 4 rings (SSSR count). The molecule has 1 aromatic carbocycles. The Labute approximate surface area is 169 Å². The third kappa shape index (κ3) is 3.26. The summed E-state index contributed by atoms with van der Waals surface area (Å²) in [4.78, 5) is 17.6. The van der Waals surface area contributed by atoms with Crippen LogP contribution in [0.3, 0.4) is 0 Å². The molecule has 2 heterocycles. The highest BCUT2D eigenvalue weighted by Gasteiger charge is 2.44. The Morgan fingerprint density at radius 1 is 1.24 bits per heavy atom. The summed E-state index contributed by atoms with van der Waals surface area (Å²) < 4.78 is 31.4. The van der Waals surface area contributed by atoms with Crippen molar-refractivity contribution in [3.63, 3.8) is 0 Å². The van der Waals surface area contributed by atoms with Crippen molar-refractivity contribution >= 4 is 20.8 Å². The van der Waals surface area contributed by atoms with Gasteiger partial charge >= 0.3 is 0 Å². The third-order valence-electron chi connectivity index (χ3n) is 5.42. The van der Waals surface area contributed by atoms with Gasteiger partial charge in [0.2, 0.25) is 5.43 Å². The molecule has 2 aromatic heterocycles. The summed E-state index contributed by atoms with van der Waals surface area (Å²) in [5.74, 6) is 6.02. The normalized spacial score (nSPS) is 15.0. The minimum Gasteiger partial charge on any atom is -0.463 e. The van der Waals surface area contributed by atoms with E-state index in [1.165, 1.54) is 6.26 Å². The Morgan fingerprint density at radius 2 is 2.00 bits per heavy atom. The predicted octanol–water partition coefficient (Wildman–Crippen LogP) is 4.01. The first-order valence-corrected chi connectivity index (χ1v) is 11.2. The molecule has 3 aromatic rings. The quantitative estimate of drug-likeness (QED) is 0.611. The second-order valence-electron chi connectivity index (χ2n) is 7.41. The molecule has 0 amide bonds. The summed E-state index contributed by atoms with van der Waals surface area (Å²) >= 11 is 0. The number of pyridine rings is 1. The Kier molecular flexibility index (Phi) is 4.59. The standard InChI is InChI=1S/C23H21NO4S/c1-4-8-23(9-10-23)16-12-20(29(26,27)5-2)21(24-13-16)18-14-28-19-11-15(3)6-7-17(19)22(18)25/h6-7,11-14H,5,9-10H2,1-3H3. The maximum Gasteiger partial charge on any atom is 0.202 e. The van der Waals surface area contributed by atoms with Crippen molar-refractivity contribution in [1.29, 1.82) is 0 Å². The van der Waals surface area contributed by atoms with Crippen molar-refractivity contribution < 1.29 is 12.8 Å². The summed E-state index contributed by atoms with van der Waals surface area (Å²) in [6, 6.07) is 6.93. The molecule has 0 aliphatic heterocycles. The molecule has 0 bridgehead atoms. The van der Waals surface area contributed by atoms with E-state index in [0.29, 0.717) is 11.0 Å². The molecular weight excluding hydrogens is 386 g/mol. The number of aryl methyl sites for hydroxylation is 1. The lowest BCUT2D eigenvalue weighted by Gasteiger charge is -2.14. The molecule has 0 radical (unpaired) electrons. The lowest BCUT2D eigenvalue weighted by Crippen LogP contribution is -2.14. The van der Waals surface area contributed by atoms with Crippen LogP contribution < -0.4 is 5.43 Å². The predicted molar refractivity (Wildman–Crippen MR) is 113 cm³/mol. The topological polar surface area (TPSA) is 77.2 Å². The van der Waals surface area contributed by atoms with Crippen LogP contribution in [-0.2, 0) is 15.3 Å². The molecule has 0 spiro atoms. The number of hydrogen-bond acceptors (Lipinski definition) is 5. The average molecular weight is 407 g/mol. The molecule has 1 fully saturated rings. The van der Waals surface area contributed by atoms with Gasteiger partial charge in [0.15, 0.2) is 9.84 Å². The van der Waals surface area contributed by atoms with Crippen LogP contribution in [0, 0.1) is 18.8 Å². The van der Waals surface area contributed by atoms with Crippen molar-refractivity contribution in [3.8, 4) is 23.1 Å². The maximum absolute atomic E-state index is 13.1. The smallest absolute Gasteiger partial charge is 0.202 e. The Balaban J connectivity index is 1.98. The molecule has 0 atom stereocenters. The average Bonchev–Trinajstić information content (AvgIpc) is 3.49. The monoisotopic (exact) mass is 407 g/mol. The van der Waals surface area contributed by atoms with Gasteiger partial charge < -0.3 is 4.42 Å². The number of aromatic nitrogens is 1. The number of sulfone groups is 1. The van der Waals surface area contributed by atoms with E-state index in [9.17, 15) is 13.2 Å². The van der Waals surface area contributed by atoms with Crippen molar-refractivity contribution in [3.05, 3.63) is 58.1 Å². The van der Waals surface area contributed by atoms with Crippen LogP contribution in [0.1, 0.15) is 37.8 Å². The molecule has 5 nitrogen and oxygen atoms in total. The van der Waals surface area contributed by atoms with Gasteiger partial charge in [-0.25, -0.2) is 8.42 Å². The largest absolute Gasteiger partial charge is 0.463 e. The number of rotatable bonds is 4. The van der Waals surface area contributed by atoms with E-state index in [1.54, 1.807) is 38.2 Å². The first kappa shape index (κ1) is 19.4. The molecule has 0 N–H and O–H groups in total. The van der Waals surface area contributed by atoms with Gasteiger partial charge in [0, 0.05) is 6.20 Å². The minimum absolute atomic E-state index is 0.0560. The van der Waals surface area contributed by atoms with Gasteiger partial charge in [0.25, 0.3) is 0 Å². The summed E-state index contributed by atoms with van der Waals surface area (Å²) in [5, 5.41) is 0.398. The van der Waals surface area contributed by atoms with E-state index in [1.807, 2.05) is 13.0 Å². The maximum atomic E-state index is 13.1. The van der Waals surface area contributed by atoms with E-state index >= 15 is 0 Å². The Hall–Kier alpha value is -2.91. The molecule has 29 heavy (non-hydrogen) atoms. The first-order chi connectivity index (χ1) is 13.8. The summed E-state index contributed by atoms with van der Waals surface area (Å²) in [5.41, 5.74) is 1.86. The Bertz CT molecular complexity index is 1350. The van der Waals surface area contributed by atoms with Crippen molar-refractivity contribution in [2.45, 2.75) is 43.9 Å². The van der Waals surface area contributed by atoms with Gasteiger partial charge in [-0.3, -0.25) is 9.78 Å². The third-order valence-corrected chi connectivity index (χ3v) is 7.16. The number of hydrogen-bond donors (Lipinski definition) is 0. The highest BCUT2D eigenvalue weighted by molar-refractivity contribution is 7.91. The number of benzene rings is 1. The van der Waals surface area contributed by atoms with Crippen LogP contribution in [0.25, 0.3) is 22.2 Å². The van der Waals surface area contributed by atoms with Gasteiger partial charge in [-0.05, 0) is 56.0 Å². The number of fused-ring (bicyclic) bond motifs is 1. The zero-order valence-electron chi connectivity index (χ0n) is 16.6. The fourth-order valence-electron chi connectivity index (χ4n) is 3.55. The van der Waals surface area contributed by atoms with Gasteiger partial charge in [-0.15, -0.1) is 5.92 Å². The summed E-state index contributed by atoms with van der Waals surface area (Å²) in [7, 11) is -3.61. The molecule has 1 aliphatic carbocycles. The van der Waals surface area contributed by atoms with E-state index < -0.39 is 9.84 Å². The van der Waals surface area contributed by atoms with Crippen molar-refractivity contribution in [1.82, 2.24) is 4.98 Å². The van der Waals surface area contributed by atoms with Gasteiger partial charge in [-0.1, -0.05) is 18.9 Å². The van der Waals surface area contributed by atoms with Crippen LogP contribution in [0.5, 0.6) is 0 Å². The lowest BCUT2D eigenvalue weighted by atomic mass is 9.97. The second kappa shape index (κ2) is 6.85. The minimum atomic E-state index is -3.61. The van der Waals surface area contributed by atoms with E-state index in [4.69, 9.17) is 4.42 Å². The van der Waals surface area contributed by atoms with Crippen molar-refractivity contribution in [2.24, 2.45) is 0 Å². The van der Waals surface area contributed by atoms with E-state index in [0.717, 1.165) is 24.0 Å². The molecular formula is C23H21NO4S. The van der Waals surface area contributed by atoms with E-state index in [-0.39, 0.29) is 32.7 Å². The molecule has 0 saturated heterocycles. The van der Waals surface area contributed by atoms with Crippen LogP contribution in [-0.4, -0.2) is 19.2 Å². The highest BCUT2D eigenvalue weighted by atomic mass is 32.2. The molecule has 0 unspecified atom stereocenters. The molecule has 1 aliphatic rings.